The van der Waals surface area contributed by atoms with Gasteiger partial charge in [-0.15, -0.1) is 0 Å². The number of rotatable bonds is 8. The van der Waals surface area contributed by atoms with Gasteiger partial charge < -0.3 is 20.3 Å². The molecule has 1 aliphatic heterocycles. The number of alkyl halides is 3. The van der Waals surface area contributed by atoms with Crippen molar-refractivity contribution in [3.05, 3.63) is 65.2 Å². The second-order valence-electron chi connectivity index (χ2n) is 7.49. The lowest BCUT2D eigenvalue weighted by Gasteiger charge is -2.29. The molecular formula is C23H26F3N3O3. The number of urea groups is 1. The van der Waals surface area contributed by atoms with Crippen LogP contribution < -0.4 is 15.4 Å². The Morgan fingerprint density at radius 2 is 1.66 bits per heavy atom. The van der Waals surface area contributed by atoms with E-state index in [1.165, 1.54) is 23.3 Å². The normalized spacial score (nSPS) is 13.3. The van der Waals surface area contributed by atoms with Gasteiger partial charge in [0.25, 0.3) is 0 Å². The van der Waals surface area contributed by atoms with Crippen LogP contribution in [0.4, 0.5) is 18.0 Å². The van der Waals surface area contributed by atoms with Crippen LogP contribution in [0.5, 0.6) is 5.75 Å². The van der Waals surface area contributed by atoms with Crippen LogP contribution in [-0.4, -0.2) is 43.1 Å². The van der Waals surface area contributed by atoms with E-state index in [0.717, 1.165) is 18.6 Å². The third kappa shape index (κ3) is 6.90. The van der Waals surface area contributed by atoms with Gasteiger partial charge >= 0.3 is 12.2 Å². The van der Waals surface area contributed by atoms with Gasteiger partial charge in [-0.1, -0.05) is 24.3 Å². The summed E-state index contributed by atoms with van der Waals surface area (Å²) in [6, 6.07) is 12.1. The van der Waals surface area contributed by atoms with E-state index in [9.17, 15) is 22.8 Å². The Hall–Kier alpha value is -3.23. The maximum Gasteiger partial charge on any atom is 0.416 e. The molecular weight excluding hydrogens is 423 g/mol. The summed E-state index contributed by atoms with van der Waals surface area (Å²) >= 11 is 0. The van der Waals surface area contributed by atoms with E-state index in [1.54, 1.807) is 0 Å². The van der Waals surface area contributed by atoms with Crippen LogP contribution in [0.15, 0.2) is 48.5 Å². The molecule has 3 amide bonds. The predicted molar refractivity (Wildman–Crippen MR) is 113 cm³/mol. The van der Waals surface area contributed by atoms with Gasteiger partial charge in [-0.25, -0.2) is 4.79 Å². The fraction of sp³-hybridized carbons (Fsp3) is 0.391. The molecule has 0 aromatic heterocycles. The monoisotopic (exact) mass is 449 g/mol. The second-order valence-corrected chi connectivity index (χ2v) is 7.49. The molecule has 1 heterocycles. The van der Waals surface area contributed by atoms with E-state index in [1.807, 2.05) is 23.1 Å². The number of hydrogen-bond acceptors (Lipinski definition) is 3. The maximum absolute atomic E-state index is 12.5. The quantitative estimate of drug-likeness (QED) is 0.603. The molecule has 0 bridgehead atoms. The minimum Gasteiger partial charge on any atom is -0.492 e. The Bertz CT molecular complexity index is 917. The average Bonchev–Trinajstić information content (AvgIpc) is 2.79. The second kappa shape index (κ2) is 10.9. The summed E-state index contributed by atoms with van der Waals surface area (Å²) < 4.78 is 42.9. The number of nitrogens with one attached hydrogen (secondary N) is 2. The van der Waals surface area contributed by atoms with Crippen LogP contribution in [0.25, 0.3) is 0 Å². The van der Waals surface area contributed by atoms with Crippen molar-refractivity contribution in [2.75, 3.05) is 26.2 Å². The lowest BCUT2D eigenvalue weighted by atomic mass is 9.99. The first-order chi connectivity index (χ1) is 15.3. The molecule has 2 aromatic carbocycles. The Labute approximate surface area is 184 Å². The summed E-state index contributed by atoms with van der Waals surface area (Å²) in [5.41, 5.74) is 1.73. The minimum atomic E-state index is -4.39. The third-order valence-corrected chi connectivity index (χ3v) is 5.17. The van der Waals surface area contributed by atoms with Crippen molar-refractivity contribution < 1.29 is 27.5 Å². The highest BCUT2D eigenvalue weighted by Gasteiger charge is 2.30. The first kappa shape index (κ1) is 23.4. The van der Waals surface area contributed by atoms with Gasteiger partial charge in [-0.3, -0.25) is 4.79 Å². The summed E-state index contributed by atoms with van der Waals surface area (Å²) in [6.45, 7) is 2.01. The molecule has 0 saturated heterocycles. The van der Waals surface area contributed by atoms with Crippen molar-refractivity contribution in [3.63, 3.8) is 0 Å². The zero-order chi connectivity index (χ0) is 23.0. The Kier molecular flexibility index (Phi) is 7.97. The van der Waals surface area contributed by atoms with E-state index >= 15 is 0 Å². The molecule has 0 radical (unpaired) electrons. The Morgan fingerprint density at radius 3 is 2.38 bits per heavy atom. The molecule has 0 spiro atoms. The molecule has 9 heteroatoms. The van der Waals surface area contributed by atoms with Crippen molar-refractivity contribution in [2.24, 2.45) is 0 Å². The molecule has 0 saturated carbocycles. The van der Waals surface area contributed by atoms with Crippen molar-refractivity contribution in [2.45, 2.75) is 32.0 Å². The van der Waals surface area contributed by atoms with E-state index in [2.05, 4.69) is 16.7 Å². The first-order valence-corrected chi connectivity index (χ1v) is 10.5. The van der Waals surface area contributed by atoms with Crippen molar-refractivity contribution in [1.82, 2.24) is 15.5 Å². The van der Waals surface area contributed by atoms with E-state index in [0.29, 0.717) is 38.2 Å². The summed E-state index contributed by atoms with van der Waals surface area (Å²) in [4.78, 5) is 26.0. The average molecular weight is 449 g/mol. The number of halogens is 3. The van der Waals surface area contributed by atoms with Crippen LogP contribution in [-0.2, 0) is 23.9 Å². The highest BCUT2D eigenvalue weighted by atomic mass is 19.4. The lowest BCUT2D eigenvalue weighted by molar-refractivity contribution is -0.137. The SMILES string of the molecule is O=C(NCCCC(=O)N1CCc2ccccc2C1)NCCOc1ccc(C(F)(F)F)cc1. The van der Waals surface area contributed by atoms with Crippen LogP contribution in [0.3, 0.4) is 0 Å². The number of hydrogen-bond donors (Lipinski definition) is 2. The Morgan fingerprint density at radius 1 is 0.969 bits per heavy atom. The van der Waals surface area contributed by atoms with Crippen molar-refractivity contribution in [1.29, 1.82) is 0 Å². The topological polar surface area (TPSA) is 70.7 Å². The fourth-order valence-electron chi connectivity index (χ4n) is 3.44. The summed E-state index contributed by atoms with van der Waals surface area (Å²) in [7, 11) is 0. The largest absolute Gasteiger partial charge is 0.492 e. The summed E-state index contributed by atoms with van der Waals surface area (Å²) in [6.07, 6.45) is -2.63. The number of carbonyl (C=O) groups excluding carboxylic acids is 2. The smallest absolute Gasteiger partial charge is 0.416 e. The zero-order valence-corrected chi connectivity index (χ0v) is 17.6. The van der Waals surface area contributed by atoms with Crippen LogP contribution in [0, 0.1) is 0 Å². The highest BCUT2D eigenvalue weighted by Crippen LogP contribution is 2.30. The molecule has 0 fully saturated rings. The van der Waals surface area contributed by atoms with Crippen LogP contribution in [0.1, 0.15) is 29.5 Å². The molecule has 32 heavy (non-hydrogen) atoms. The van der Waals surface area contributed by atoms with Gasteiger partial charge in [0.1, 0.15) is 12.4 Å². The molecule has 0 unspecified atom stereocenters. The molecule has 1 aliphatic rings. The van der Waals surface area contributed by atoms with Gasteiger partial charge in [-0.2, -0.15) is 13.2 Å². The number of carbonyl (C=O) groups is 2. The minimum absolute atomic E-state index is 0.0756. The maximum atomic E-state index is 12.5. The first-order valence-electron chi connectivity index (χ1n) is 10.5. The number of benzene rings is 2. The van der Waals surface area contributed by atoms with Gasteiger partial charge in [0.2, 0.25) is 5.91 Å². The number of nitrogens with zero attached hydrogens (tertiary/aromatic N) is 1. The third-order valence-electron chi connectivity index (χ3n) is 5.17. The molecule has 0 aliphatic carbocycles. The predicted octanol–water partition coefficient (Wildman–Crippen LogP) is 3.75. The van der Waals surface area contributed by atoms with Crippen LogP contribution in [0.2, 0.25) is 0 Å². The van der Waals surface area contributed by atoms with Crippen molar-refractivity contribution >= 4 is 11.9 Å². The van der Waals surface area contributed by atoms with E-state index in [4.69, 9.17) is 4.74 Å². The Balaban J connectivity index is 1.25. The summed E-state index contributed by atoms with van der Waals surface area (Å²) in [5.74, 6) is 0.366. The van der Waals surface area contributed by atoms with E-state index in [-0.39, 0.29) is 25.1 Å². The molecule has 3 rings (SSSR count). The van der Waals surface area contributed by atoms with Gasteiger partial charge in [0.05, 0.1) is 12.1 Å². The van der Waals surface area contributed by atoms with E-state index < -0.39 is 11.7 Å². The standard InChI is InChI=1S/C23H26F3N3O3/c24-23(25,26)19-7-9-20(10-8-19)32-15-13-28-22(31)27-12-3-6-21(30)29-14-11-17-4-1-2-5-18(17)16-29/h1-2,4-5,7-10H,3,6,11-16H2,(H2,27,28,31). The van der Waals surface area contributed by atoms with Crippen LogP contribution >= 0.6 is 0 Å². The van der Waals surface area contributed by atoms with Crippen molar-refractivity contribution in [3.8, 4) is 5.75 Å². The van der Waals surface area contributed by atoms with Gasteiger partial charge in [-0.05, 0) is 48.2 Å². The lowest BCUT2D eigenvalue weighted by Crippen LogP contribution is -2.39. The van der Waals surface area contributed by atoms with Gasteiger partial charge in [0, 0.05) is 26.1 Å². The molecule has 2 N–H and O–H groups in total. The number of ether oxygens (including phenoxy) is 1. The zero-order valence-electron chi connectivity index (χ0n) is 17.6. The fourth-order valence-corrected chi connectivity index (χ4v) is 3.44. The van der Waals surface area contributed by atoms with Gasteiger partial charge in [0.15, 0.2) is 0 Å². The molecule has 6 nitrogen and oxygen atoms in total. The molecule has 0 atom stereocenters. The summed E-state index contributed by atoms with van der Waals surface area (Å²) in [5, 5.41) is 5.28. The highest BCUT2D eigenvalue weighted by molar-refractivity contribution is 5.77. The molecule has 2 aromatic rings. The molecule has 172 valence electrons. The number of fused-ring (bicyclic) bond motifs is 1. The number of amides is 3.